The number of benzene rings is 2. The summed E-state index contributed by atoms with van der Waals surface area (Å²) in [5.74, 6) is 0.206. The second-order valence-electron chi connectivity index (χ2n) is 4.95. The summed E-state index contributed by atoms with van der Waals surface area (Å²) in [5, 5.41) is 0. The molecule has 4 rings (SSSR count). The van der Waals surface area contributed by atoms with E-state index in [2.05, 4.69) is 9.97 Å². The molecule has 3 nitrogen and oxygen atoms in total. The first-order chi connectivity index (χ1) is 10.8. The van der Waals surface area contributed by atoms with Gasteiger partial charge in [-0.2, -0.15) is 0 Å². The highest BCUT2D eigenvalue weighted by atomic mass is 19.1. The molecule has 0 aliphatic heterocycles. The average molecular weight is 290 g/mol. The summed E-state index contributed by atoms with van der Waals surface area (Å²) in [6.07, 6.45) is 3.55. The van der Waals surface area contributed by atoms with Gasteiger partial charge in [-0.15, -0.1) is 0 Å². The number of pyridine rings is 1. The van der Waals surface area contributed by atoms with E-state index in [1.54, 1.807) is 18.3 Å². The van der Waals surface area contributed by atoms with E-state index >= 15 is 0 Å². The molecule has 0 aliphatic carbocycles. The van der Waals surface area contributed by atoms with E-state index in [0.29, 0.717) is 11.5 Å². The van der Waals surface area contributed by atoms with Crippen molar-refractivity contribution < 1.29 is 8.81 Å². The van der Waals surface area contributed by atoms with Crippen LogP contribution in [0.1, 0.15) is 0 Å². The fraction of sp³-hybridized carbons (Fsp3) is 0. The van der Waals surface area contributed by atoms with Crippen molar-refractivity contribution in [1.82, 2.24) is 9.97 Å². The molecule has 0 fully saturated rings. The standard InChI is InChI=1S/C18H11FN2O/c19-15-6-3-12(4-7-15)18-21-16-10-13(5-8-17(16)22-18)14-2-1-9-20-11-14/h1-11H. The fourth-order valence-electron chi connectivity index (χ4n) is 2.36. The Hall–Kier alpha value is -3.01. The van der Waals surface area contributed by atoms with Crippen LogP contribution in [0.5, 0.6) is 0 Å². The lowest BCUT2D eigenvalue weighted by atomic mass is 10.1. The number of halogens is 1. The van der Waals surface area contributed by atoms with Crippen molar-refractivity contribution in [2.24, 2.45) is 0 Å². The SMILES string of the molecule is Fc1ccc(-c2nc3cc(-c4cccnc4)ccc3o2)cc1. The molecule has 22 heavy (non-hydrogen) atoms. The van der Waals surface area contributed by atoms with Crippen LogP contribution in [0.3, 0.4) is 0 Å². The van der Waals surface area contributed by atoms with Gasteiger partial charge in [-0.1, -0.05) is 12.1 Å². The van der Waals surface area contributed by atoms with Crippen molar-refractivity contribution in [3.05, 3.63) is 72.8 Å². The Morgan fingerprint density at radius 3 is 2.45 bits per heavy atom. The minimum absolute atomic E-state index is 0.279. The third-order valence-electron chi connectivity index (χ3n) is 3.47. The maximum atomic E-state index is 13.0. The lowest BCUT2D eigenvalue weighted by Crippen LogP contribution is -1.80. The average Bonchev–Trinajstić information content (AvgIpc) is 2.99. The van der Waals surface area contributed by atoms with Crippen LogP contribution in [-0.2, 0) is 0 Å². The molecule has 2 heterocycles. The third kappa shape index (κ3) is 2.24. The maximum absolute atomic E-state index is 13.0. The summed E-state index contributed by atoms with van der Waals surface area (Å²) in [4.78, 5) is 8.61. The topological polar surface area (TPSA) is 38.9 Å². The quantitative estimate of drug-likeness (QED) is 0.537. The van der Waals surface area contributed by atoms with Crippen LogP contribution >= 0.6 is 0 Å². The number of aromatic nitrogens is 2. The number of fused-ring (bicyclic) bond motifs is 1. The molecular weight excluding hydrogens is 279 g/mol. The molecule has 4 heteroatoms. The number of oxazole rings is 1. The zero-order chi connectivity index (χ0) is 14.9. The van der Waals surface area contributed by atoms with E-state index in [1.807, 2.05) is 36.5 Å². The molecule has 0 unspecified atom stereocenters. The number of hydrogen-bond acceptors (Lipinski definition) is 3. The normalized spacial score (nSPS) is 11.0. The summed E-state index contributed by atoms with van der Waals surface area (Å²) < 4.78 is 18.7. The molecule has 0 saturated carbocycles. The van der Waals surface area contributed by atoms with Crippen LogP contribution in [0.2, 0.25) is 0 Å². The zero-order valence-electron chi connectivity index (χ0n) is 11.5. The number of nitrogens with zero attached hydrogens (tertiary/aromatic N) is 2. The van der Waals surface area contributed by atoms with Crippen molar-refractivity contribution >= 4 is 11.1 Å². The lowest BCUT2D eigenvalue weighted by molar-refractivity contribution is 0.616. The maximum Gasteiger partial charge on any atom is 0.227 e. The second-order valence-corrected chi connectivity index (χ2v) is 4.95. The van der Waals surface area contributed by atoms with Gasteiger partial charge in [-0.25, -0.2) is 9.37 Å². The Kier molecular flexibility index (Phi) is 2.93. The summed E-state index contributed by atoms with van der Waals surface area (Å²) in [5.41, 5.74) is 4.27. The summed E-state index contributed by atoms with van der Waals surface area (Å²) in [6, 6.07) is 15.8. The van der Waals surface area contributed by atoms with Gasteiger partial charge in [-0.05, 0) is 48.0 Å². The smallest absolute Gasteiger partial charge is 0.227 e. The van der Waals surface area contributed by atoms with Gasteiger partial charge in [0.25, 0.3) is 0 Å². The largest absolute Gasteiger partial charge is 0.436 e. The molecule has 106 valence electrons. The first-order valence-corrected chi connectivity index (χ1v) is 6.86. The van der Waals surface area contributed by atoms with Gasteiger partial charge >= 0.3 is 0 Å². The predicted octanol–water partition coefficient (Wildman–Crippen LogP) is 4.70. The summed E-state index contributed by atoms with van der Waals surface area (Å²) in [6.45, 7) is 0. The van der Waals surface area contributed by atoms with E-state index in [1.165, 1.54) is 12.1 Å². The first kappa shape index (κ1) is 12.7. The second kappa shape index (κ2) is 5.07. The Bertz CT molecular complexity index is 930. The van der Waals surface area contributed by atoms with Crippen molar-refractivity contribution in [2.75, 3.05) is 0 Å². The highest BCUT2D eigenvalue weighted by Crippen LogP contribution is 2.28. The van der Waals surface area contributed by atoms with Gasteiger partial charge in [0, 0.05) is 23.5 Å². The highest BCUT2D eigenvalue weighted by Gasteiger charge is 2.09. The van der Waals surface area contributed by atoms with Crippen LogP contribution in [-0.4, -0.2) is 9.97 Å². The van der Waals surface area contributed by atoms with Crippen LogP contribution in [0.15, 0.2) is 71.4 Å². The minimum Gasteiger partial charge on any atom is -0.436 e. The predicted molar refractivity (Wildman–Crippen MR) is 82.6 cm³/mol. The minimum atomic E-state index is -0.279. The Morgan fingerprint density at radius 2 is 1.68 bits per heavy atom. The summed E-state index contributed by atoms with van der Waals surface area (Å²) >= 11 is 0. The molecule has 0 saturated heterocycles. The van der Waals surface area contributed by atoms with Crippen LogP contribution in [0, 0.1) is 5.82 Å². The monoisotopic (exact) mass is 290 g/mol. The molecule has 0 N–H and O–H groups in total. The van der Waals surface area contributed by atoms with Crippen molar-refractivity contribution in [3.63, 3.8) is 0 Å². The Morgan fingerprint density at radius 1 is 0.864 bits per heavy atom. The van der Waals surface area contributed by atoms with Crippen LogP contribution < -0.4 is 0 Å². The molecular formula is C18H11FN2O. The molecule has 0 aliphatic rings. The van der Waals surface area contributed by atoms with Gasteiger partial charge < -0.3 is 4.42 Å². The molecule has 0 radical (unpaired) electrons. The van der Waals surface area contributed by atoms with E-state index in [9.17, 15) is 4.39 Å². The van der Waals surface area contributed by atoms with E-state index in [-0.39, 0.29) is 5.82 Å². The molecule has 0 bridgehead atoms. The number of hydrogen-bond donors (Lipinski definition) is 0. The van der Waals surface area contributed by atoms with Crippen molar-refractivity contribution in [2.45, 2.75) is 0 Å². The van der Waals surface area contributed by atoms with Gasteiger partial charge in [-0.3, -0.25) is 4.98 Å². The zero-order valence-corrected chi connectivity index (χ0v) is 11.5. The van der Waals surface area contributed by atoms with Crippen molar-refractivity contribution in [3.8, 4) is 22.6 Å². The van der Waals surface area contributed by atoms with E-state index < -0.39 is 0 Å². The van der Waals surface area contributed by atoms with Gasteiger partial charge in [0.2, 0.25) is 5.89 Å². The fourth-order valence-corrected chi connectivity index (χ4v) is 2.36. The van der Waals surface area contributed by atoms with Gasteiger partial charge in [0.1, 0.15) is 11.3 Å². The lowest BCUT2D eigenvalue weighted by Gasteiger charge is -1.99. The highest BCUT2D eigenvalue weighted by molar-refractivity contribution is 5.82. The Balaban J connectivity index is 1.80. The van der Waals surface area contributed by atoms with Gasteiger partial charge in [0.05, 0.1) is 0 Å². The molecule has 0 amide bonds. The number of rotatable bonds is 2. The Labute approximate surface area is 126 Å². The molecule has 2 aromatic heterocycles. The molecule has 0 atom stereocenters. The molecule has 2 aromatic carbocycles. The van der Waals surface area contributed by atoms with Crippen LogP contribution in [0.25, 0.3) is 33.7 Å². The molecule has 0 spiro atoms. The van der Waals surface area contributed by atoms with Crippen molar-refractivity contribution in [1.29, 1.82) is 0 Å². The van der Waals surface area contributed by atoms with E-state index in [0.717, 1.165) is 22.2 Å². The van der Waals surface area contributed by atoms with Crippen LogP contribution in [0.4, 0.5) is 4.39 Å². The van der Waals surface area contributed by atoms with E-state index in [4.69, 9.17) is 4.42 Å². The first-order valence-electron chi connectivity index (χ1n) is 6.86. The third-order valence-corrected chi connectivity index (χ3v) is 3.47. The molecule has 4 aromatic rings. The van der Waals surface area contributed by atoms with Gasteiger partial charge in [0.15, 0.2) is 5.58 Å². The summed E-state index contributed by atoms with van der Waals surface area (Å²) in [7, 11) is 0.